The van der Waals surface area contributed by atoms with E-state index < -0.39 is 6.17 Å². The van der Waals surface area contributed by atoms with Crippen LogP contribution in [0.1, 0.15) is 19.3 Å². The van der Waals surface area contributed by atoms with Crippen molar-refractivity contribution in [3.05, 3.63) is 0 Å². The molecule has 42 valence electrons. The van der Waals surface area contributed by atoms with Crippen LogP contribution >= 0.6 is 15.9 Å². The zero-order valence-corrected chi connectivity index (χ0v) is 5.62. The molecule has 0 bridgehead atoms. The number of halogens is 2. The molecule has 2 atom stereocenters. The summed E-state index contributed by atoms with van der Waals surface area (Å²) in [7, 11) is 0. The van der Waals surface area contributed by atoms with Gasteiger partial charge >= 0.3 is 0 Å². The highest BCUT2D eigenvalue weighted by Crippen LogP contribution is 2.27. The monoisotopic (exact) mass is 166 g/mol. The van der Waals surface area contributed by atoms with E-state index in [4.69, 9.17) is 0 Å². The molecule has 0 aliphatic heterocycles. The van der Waals surface area contributed by atoms with Gasteiger partial charge in [0.1, 0.15) is 6.17 Å². The molecule has 0 aromatic rings. The van der Waals surface area contributed by atoms with Gasteiger partial charge in [-0.2, -0.15) is 0 Å². The molecule has 0 N–H and O–H groups in total. The van der Waals surface area contributed by atoms with E-state index in [0.717, 1.165) is 19.3 Å². The molecule has 0 aromatic carbocycles. The standard InChI is InChI=1S/C5H8BrF/c6-4-2-1-3-5(4)7/h4-5H,1-3H2/t4-,5+/m0/s1. The molecule has 0 aromatic heterocycles. The van der Waals surface area contributed by atoms with E-state index in [2.05, 4.69) is 15.9 Å². The Bertz CT molecular complexity index is 57.1. The first-order chi connectivity index (χ1) is 3.30. The van der Waals surface area contributed by atoms with Crippen LogP contribution in [0.4, 0.5) is 4.39 Å². The fourth-order valence-electron chi connectivity index (χ4n) is 0.870. The zero-order chi connectivity index (χ0) is 5.28. The predicted molar refractivity (Wildman–Crippen MR) is 31.5 cm³/mol. The number of alkyl halides is 2. The van der Waals surface area contributed by atoms with Crippen molar-refractivity contribution in [1.82, 2.24) is 0 Å². The molecule has 1 fully saturated rings. The topological polar surface area (TPSA) is 0 Å². The lowest BCUT2D eigenvalue weighted by Crippen LogP contribution is -2.04. The summed E-state index contributed by atoms with van der Waals surface area (Å²) in [6.07, 6.45) is 2.26. The van der Waals surface area contributed by atoms with Gasteiger partial charge in [0.25, 0.3) is 0 Å². The summed E-state index contributed by atoms with van der Waals surface area (Å²) in [5.41, 5.74) is 0. The quantitative estimate of drug-likeness (QED) is 0.485. The summed E-state index contributed by atoms with van der Waals surface area (Å²) < 4.78 is 12.3. The maximum Gasteiger partial charge on any atom is 0.113 e. The lowest BCUT2D eigenvalue weighted by atomic mass is 10.3. The maximum absolute atomic E-state index is 12.3. The highest BCUT2D eigenvalue weighted by Gasteiger charge is 2.23. The number of hydrogen-bond acceptors (Lipinski definition) is 0. The molecular weight excluding hydrogens is 159 g/mol. The average Bonchev–Trinajstić information content (AvgIpc) is 1.91. The first kappa shape index (κ1) is 5.54. The van der Waals surface area contributed by atoms with Crippen molar-refractivity contribution in [2.24, 2.45) is 0 Å². The van der Waals surface area contributed by atoms with Gasteiger partial charge < -0.3 is 0 Å². The van der Waals surface area contributed by atoms with Crippen LogP contribution in [0, 0.1) is 0 Å². The molecule has 7 heavy (non-hydrogen) atoms. The fourth-order valence-corrected chi connectivity index (χ4v) is 1.46. The summed E-state index contributed by atoms with van der Waals surface area (Å²) in [4.78, 5) is 0.160. The van der Waals surface area contributed by atoms with Gasteiger partial charge in [-0.15, -0.1) is 0 Å². The van der Waals surface area contributed by atoms with Crippen LogP contribution in [0.3, 0.4) is 0 Å². The van der Waals surface area contributed by atoms with Gasteiger partial charge in [0, 0.05) is 4.83 Å². The van der Waals surface area contributed by atoms with Gasteiger partial charge in [-0.25, -0.2) is 4.39 Å². The van der Waals surface area contributed by atoms with Gasteiger partial charge in [-0.3, -0.25) is 0 Å². The second-order valence-corrected chi connectivity index (χ2v) is 3.14. The van der Waals surface area contributed by atoms with Gasteiger partial charge in [0.15, 0.2) is 0 Å². The Morgan fingerprint density at radius 2 is 2.14 bits per heavy atom. The molecular formula is C5H8BrF. The van der Waals surface area contributed by atoms with Crippen LogP contribution in [0.15, 0.2) is 0 Å². The Kier molecular flexibility index (Phi) is 1.68. The summed E-state index contributed by atoms with van der Waals surface area (Å²) in [5.74, 6) is 0. The number of rotatable bonds is 0. The van der Waals surface area contributed by atoms with Crippen molar-refractivity contribution in [3.8, 4) is 0 Å². The van der Waals surface area contributed by atoms with E-state index in [1.807, 2.05) is 0 Å². The van der Waals surface area contributed by atoms with Gasteiger partial charge in [-0.1, -0.05) is 15.9 Å². The van der Waals surface area contributed by atoms with E-state index in [1.165, 1.54) is 0 Å². The molecule has 1 aliphatic rings. The third-order valence-corrected chi connectivity index (χ3v) is 2.38. The SMILES string of the molecule is F[C@@H]1CCC[C@@H]1Br. The second-order valence-electron chi connectivity index (χ2n) is 1.96. The molecule has 0 unspecified atom stereocenters. The summed E-state index contributed by atoms with van der Waals surface area (Å²) >= 11 is 3.23. The summed E-state index contributed by atoms with van der Waals surface area (Å²) in [6, 6.07) is 0. The van der Waals surface area contributed by atoms with Crippen molar-refractivity contribution < 1.29 is 4.39 Å². The van der Waals surface area contributed by atoms with Crippen LogP contribution in [0.25, 0.3) is 0 Å². The maximum atomic E-state index is 12.3. The zero-order valence-electron chi connectivity index (χ0n) is 4.03. The van der Waals surface area contributed by atoms with E-state index in [1.54, 1.807) is 0 Å². The Hall–Kier alpha value is 0.410. The number of hydrogen-bond donors (Lipinski definition) is 0. The Morgan fingerprint density at radius 1 is 1.43 bits per heavy atom. The fraction of sp³-hybridized carbons (Fsp3) is 1.00. The van der Waals surface area contributed by atoms with Crippen molar-refractivity contribution in [2.45, 2.75) is 30.3 Å². The normalized spacial score (nSPS) is 42.0. The Balaban J connectivity index is 2.33. The molecule has 1 rings (SSSR count). The lowest BCUT2D eigenvalue weighted by Gasteiger charge is -1.98. The smallest absolute Gasteiger partial charge is 0.113 e. The van der Waals surface area contributed by atoms with Crippen LogP contribution < -0.4 is 0 Å². The average molecular weight is 167 g/mol. The third-order valence-electron chi connectivity index (χ3n) is 1.35. The first-order valence-electron chi connectivity index (χ1n) is 2.59. The molecule has 1 saturated carbocycles. The van der Waals surface area contributed by atoms with Gasteiger partial charge in [0.2, 0.25) is 0 Å². The van der Waals surface area contributed by atoms with E-state index in [9.17, 15) is 4.39 Å². The third kappa shape index (κ3) is 1.15. The lowest BCUT2D eigenvalue weighted by molar-refractivity contribution is 0.352. The van der Waals surface area contributed by atoms with E-state index in [-0.39, 0.29) is 4.83 Å². The molecule has 2 heteroatoms. The van der Waals surface area contributed by atoms with Gasteiger partial charge in [-0.05, 0) is 19.3 Å². The highest BCUT2D eigenvalue weighted by molar-refractivity contribution is 9.09. The van der Waals surface area contributed by atoms with E-state index >= 15 is 0 Å². The molecule has 0 amide bonds. The molecule has 0 saturated heterocycles. The van der Waals surface area contributed by atoms with Crippen LogP contribution in [-0.4, -0.2) is 11.0 Å². The minimum Gasteiger partial charge on any atom is -0.246 e. The van der Waals surface area contributed by atoms with Crippen molar-refractivity contribution >= 4 is 15.9 Å². The van der Waals surface area contributed by atoms with Crippen LogP contribution in [0.5, 0.6) is 0 Å². The van der Waals surface area contributed by atoms with Gasteiger partial charge in [0.05, 0.1) is 0 Å². The summed E-state index contributed by atoms with van der Waals surface area (Å²) in [5, 5.41) is 0. The van der Waals surface area contributed by atoms with Crippen LogP contribution in [-0.2, 0) is 0 Å². The first-order valence-corrected chi connectivity index (χ1v) is 3.50. The molecule has 1 aliphatic carbocycles. The predicted octanol–water partition coefficient (Wildman–Crippen LogP) is 2.27. The molecule has 0 nitrogen and oxygen atoms in total. The van der Waals surface area contributed by atoms with Crippen molar-refractivity contribution in [1.29, 1.82) is 0 Å². The highest BCUT2D eigenvalue weighted by atomic mass is 79.9. The molecule has 0 heterocycles. The Morgan fingerprint density at radius 3 is 2.29 bits per heavy atom. The Labute approximate surface area is 51.2 Å². The van der Waals surface area contributed by atoms with E-state index in [0.29, 0.717) is 0 Å². The summed E-state index contributed by atoms with van der Waals surface area (Å²) in [6.45, 7) is 0. The van der Waals surface area contributed by atoms with Crippen molar-refractivity contribution in [3.63, 3.8) is 0 Å². The molecule has 0 radical (unpaired) electrons. The largest absolute Gasteiger partial charge is 0.246 e. The second kappa shape index (κ2) is 2.12. The molecule has 0 spiro atoms. The van der Waals surface area contributed by atoms with Crippen LogP contribution in [0.2, 0.25) is 0 Å². The van der Waals surface area contributed by atoms with Crippen molar-refractivity contribution in [2.75, 3.05) is 0 Å². The minimum atomic E-state index is -0.569. The minimum absolute atomic E-state index is 0.160.